The number of likely N-dealkylation sites (N-methyl/N-ethyl adjacent to an activating group) is 1. The van der Waals surface area contributed by atoms with Crippen molar-refractivity contribution in [1.29, 1.82) is 0 Å². The van der Waals surface area contributed by atoms with E-state index in [-0.39, 0.29) is 5.91 Å². The minimum atomic E-state index is -0.398. The third kappa shape index (κ3) is 3.10. The normalized spacial score (nSPS) is 12.5. The first kappa shape index (κ1) is 15.6. The zero-order valence-corrected chi connectivity index (χ0v) is 13.7. The number of rotatable bonds is 4. The smallest absolute Gasteiger partial charge is 0.247 e. The van der Waals surface area contributed by atoms with Crippen LogP contribution in [0.2, 0.25) is 5.02 Å². The standard InChI is InChI=1S/C14H20ClN5O/c1-9-13(15)10(2)20(16-9)11(3)14(21)18(4)8-12-6-7-19(5)17-12/h6-7,11H,8H2,1-5H3. The van der Waals surface area contributed by atoms with Gasteiger partial charge in [-0.15, -0.1) is 0 Å². The number of hydrogen-bond donors (Lipinski definition) is 0. The van der Waals surface area contributed by atoms with Crippen LogP contribution in [0.25, 0.3) is 0 Å². The van der Waals surface area contributed by atoms with Gasteiger partial charge in [-0.3, -0.25) is 14.2 Å². The van der Waals surface area contributed by atoms with Crippen LogP contribution < -0.4 is 0 Å². The molecule has 0 aromatic carbocycles. The Hall–Kier alpha value is -1.82. The van der Waals surface area contributed by atoms with Gasteiger partial charge in [0.2, 0.25) is 5.91 Å². The van der Waals surface area contributed by atoms with Crippen molar-refractivity contribution in [2.75, 3.05) is 7.05 Å². The Kier molecular flexibility index (Phi) is 4.37. The van der Waals surface area contributed by atoms with Gasteiger partial charge in [-0.1, -0.05) is 11.6 Å². The lowest BCUT2D eigenvalue weighted by atomic mass is 10.2. The van der Waals surface area contributed by atoms with Crippen molar-refractivity contribution in [3.63, 3.8) is 0 Å². The first-order valence-electron chi connectivity index (χ1n) is 6.76. The van der Waals surface area contributed by atoms with Crippen LogP contribution in [-0.2, 0) is 18.4 Å². The van der Waals surface area contributed by atoms with E-state index in [4.69, 9.17) is 11.6 Å². The summed E-state index contributed by atoms with van der Waals surface area (Å²) in [4.78, 5) is 14.2. The van der Waals surface area contributed by atoms with Crippen LogP contribution >= 0.6 is 11.6 Å². The van der Waals surface area contributed by atoms with Crippen molar-refractivity contribution in [3.05, 3.63) is 34.4 Å². The second kappa shape index (κ2) is 5.89. The molecule has 1 atom stereocenters. The highest BCUT2D eigenvalue weighted by Gasteiger charge is 2.23. The highest BCUT2D eigenvalue weighted by atomic mass is 35.5. The lowest BCUT2D eigenvalue weighted by Crippen LogP contribution is -2.33. The Morgan fingerprint density at radius 1 is 1.43 bits per heavy atom. The van der Waals surface area contributed by atoms with Crippen molar-refractivity contribution in [2.45, 2.75) is 33.4 Å². The molecule has 6 nitrogen and oxygen atoms in total. The molecule has 1 unspecified atom stereocenters. The van der Waals surface area contributed by atoms with E-state index in [0.29, 0.717) is 11.6 Å². The van der Waals surface area contributed by atoms with Crippen LogP contribution in [0, 0.1) is 13.8 Å². The number of carbonyl (C=O) groups is 1. The maximum Gasteiger partial charge on any atom is 0.247 e. The summed E-state index contributed by atoms with van der Waals surface area (Å²) in [5, 5.41) is 9.23. The van der Waals surface area contributed by atoms with E-state index in [1.54, 1.807) is 21.3 Å². The molecule has 0 N–H and O–H groups in total. The Morgan fingerprint density at radius 3 is 2.57 bits per heavy atom. The number of halogens is 1. The lowest BCUT2D eigenvalue weighted by Gasteiger charge is -2.21. The van der Waals surface area contributed by atoms with Crippen molar-refractivity contribution < 1.29 is 4.79 Å². The van der Waals surface area contributed by atoms with E-state index < -0.39 is 6.04 Å². The van der Waals surface area contributed by atoms with Gasteiger partial charge in [0, 0.05) is 20.3 Å². The average Bonchev–Trinajstić information content (AvgIpc) is 2.96. The van der Waals surface area contributed by atoms with E-state index >= 15 is 0 Å². The van der Waals surface area contributed by atoms with Crippen molar-refractivity contribution in [3.8, 4) is 0 Å². The van der Waals surface area contributed by atoms with Crippen molar-refractivity contribution in [2.24, 2.45) is 7.05 Å². The molecule has 2 rings (SSSR count). The Labute approximate surface area is 129 Å². The summed E-state index contributed by atoms with van der Waals surface area (Å²) in [6.07, 6.45) is 1.86. The maximum absolute atomic E-state index is 12.5. The number of carbonyl (C=O) groups excluding carboxylic acids is 1. The summed E-state index contributed by atoms with van der Waals surface area (Å²) in [6, 6.07) is 1.50. The van der Waals surface area contributed by atoms with Crippen LogP contribution in [0.5, 0.6) is 0 Å². The summed E-state index contributed by atoms with van der Waals surface area (Å²) in [7, 11) is 3.62. The number of aromatic nitrogens is 4. The van der Waals surface area contributed by atoms with Gasteiger partial charge in [-0.05, 0) is 26.8 Å². The first-order chi connectivity index (χ1) is 9.81. The molecule has 0 saturated carbocycles. The third-order valence-corrected chi connectivity index (χ3v) is 4.05. The number of nitrogens with zero attached hydrogens (tertiary/aromatic N) is 5. The van der Waals surface area contributed by atoms with Crippen LogP contribution in [0.3, 0.4) is 0 Å². The lowest BCUT2D eigenvalue weighted by molar-refractivity contribution is -0.133. The van der Waals surface area contributed by atoms with Gasteiger partial charge in [-0.25, -0.2) is 0 Å². The molecule has 0 aliphatic rings. The Bertz CT molecular complexity index is 660. The fourth-order valence-electron chi connectivity index (χ4n) is 2.31. The van der Waals surface area contributed by atoms with Gasteiger partial charge in [0.25, 0.3) is 0 Å². The Balaban J connectivity index is 2.12. The molecule has 1 amide bonds. The summed E-state index contributed by atoms with van der Waals surface area (Å²) in [5.41, 5.74) is 2.40. The molecule has 0 aliphatic carbocycles. The second-order valence-corrected chi connectivity index (χ2v) is 5.66. The molecular weight excluding hydrogens is 290 g/mol. The molecule has 2 heterocycles. The second-order valence-electron chi connectivity index (χ2n) is 5.28. The molecule has 0 aliphatic heterocycles. The van der Waals surface area contributed by atoms with E-state index in [0.717, 1.165) is 17.1 Å². The third-order valence-electron chi connectivity index (χ3n) is 3.51. The number of aryl methyl sites for hydroxylation is 2. The van der Waals surface area contributed by atoms with Crippen molar-refractivity contribution in [1.82, 2.24) is 24.5 Å². The predicted octanol–water partition coefficient (Wildman–Crippen LogP) is 2.11. The van der Waals surface area contributed by atoms with E-state index in [9.17, 15) is 4.79 Å². The monoisotopic (exact) mass is 309 g/mol. The molecule has 2 aromatic rings. The zero-order chi connectivity index (χ0) is 15.7. The van der Waals surface area contributed by atoms with E-state index in [1.807, 2.05) is 40.1 Å². The van der Waals surface area contributed by atoms with Crippen LogP contribution in [-0.4, -0.2) is 37.4 Å². The molecule has 21 heavy (non-hydrogen) atoms. The quantitative estimate of drug-likeness (QED) is 0.869. The van der Waals surface area contributed by atoms with Crippen LogP contribution in [0.15, 0.2) is 12.3 Å². The van der Waals surface area contributed by atoms with Crippen molar-refractivity contribution >= 4 is 17.5 Å². The first-order valence-corrected chi connectivity index (χ1v) is 7.13. The molecule has 7 heteroatoms. The predicted molar refractivity (Wildman–Crippen MR) is 81.1 cm³/mol. The molecule has 0 radical (unpaired) electrons. The molecular formula is C14H20ClN5O. The van der Waals surface area contributed by atoms with E-state index in [1.165, 1.54) is 0 Å². The van der Waals surface area contributed by atoms with Gasteiger partial charge in [0.05, 0.1) is 28.6 Å². The fraction of sp³-hybridized carbons (Fsp3) is 0.500. The number of hydrogen-bond acceptors (Lipinski definition) is 3. The number of amides is 1. The topological polar surface area (TPSA) is 56.0 Å². The molecule has 0 bridgehead atoms. The summed E-state index contributed by atoms with van der Waals surface area (Å²) < 4.78 is 3.40. The van der Waals surface area contributed by atoms with Gasteiger partial charge in [0.15, 0.2) is 0 Å². The molecule has 114 valence electrons. The Morgan fingerprint density at radius 2 is 2.10 bits per heavy atom. The van der Waals surface area contributed by atoms with Crippen LogP contribution in [0.4, 0.5) is 0 Å². The van der Waals surface area contributed by atoms with Gasteiger partial charge in [-0.2, -0.15) is 10.2 Å². The zero-order valence-electron chi connectivity index (χ0n) is 13.0. The molecule has 0 saturated heterocycles. The highest BCUT2D eigenvalue weighted by Crippen LogP contribution is 2.23. The average molecular weight is 310 g/mol. The molecule has 2 aromatic heterocycles. The minimum Gasteiger partial charge on any atom is -0.338 e. The summed E-state index contributed by atoms with van der Waals surface area (Å²) >= 11 is 6.14. The minimum absolute atomic E-state index is 0.0251. The molecule has 0 spiro atoms. The fourth-order valence-corrected chi connectivity index (χ4v) is 2.44. The SMILES string of the molecule is Cc1nn(C(C)C(=O)N(C)Cc2ccn(C)n2)c(C)c1Cl. The van der Waals surface area contributed by atoms with Gasteiger partial charge >= 0.3 is 0 Å². The van der Waals surface area contributed by atoms with Crippen LogP contribution in [0.1, 0.15) is 30.0 Å². The summed E-state index contributed by atoms with van der Waals surface area (Å²) in [6.45, 7) is 6.00. The highest BCUT2D eigenvalue weighted by molar-refractivity contribution is 6.31. The summed E-state index contributed by atoms with van der Waals surface area (Å²) in [5.74, 6) is -0.0251. The maximum atomic E-state index is 12.5. The molecule has 0 fully saturated rings. The largest absolute Gasteiger partial charge is 0.338 e. The van der Waals surface area contributed by atoms with Gasteiger partial charge in [0.1, 0.15) is 6.04 Å². The van der Waals surface area contributed by atoms with Gasteiger partial charge < -0.3 is 4.90 Å². The van der Waals surface area contributed by atoms with E-state index in [2.05, 4.69) is 10.2 Å².